The number of nitrogens with two attached hydrogens (primary N) is 1. The zero-order valence-corrected chi connectivity index (χ0v) is 8.97. The highest BCUT2D eigenvalue weighted by Gasteiger charge is 2.11. The fourth-order valence-corrected chi connectivity index (χ4v) is 1.92. The van der Waals surface area contributed by atoms with Crippen LogP contribution in [-0.2, 0) is 0 Å². The van der Waals surface area contributed by atoms with Gasteiger partial charge in [0.1, 0.15) is 17.8 Å². The van der Waals surface area contributed by atoms with Crippen LogP contribution in [-0.4, -0.2) is 9.55 Å². The Labute approximate surface area is 97.3 Å². The van der Waals surface area contributed by atoms with E-state index in [1.165, 1.54) is 6.07 Å². The number of anilines is 1. The highest BCUT2D eigenvalue weighted by molar-refractivity contribution is 5.79. The molecule has 0 fully saturated rings. The minimum absolute atomic E-state index is 0.348. The van der Waals surface area contributed by atoms with E-state index >= 15 is 0 Å². The van der Waals surface area contributed by atoms with Gasteiger partial charge in [-0.05, 0) is 24.3 Å². The molecule has 2 N–H and O–H groups in total. The van der Waals surface area contributed by atoms with Crippen molar-refractivity contribution in [2.24, 2.45) is 0 Å². The maximum absolute atomic E-state index is 13.8. The van der Waals surface area contributed by atoms with E-state index in [2.05, 4.69) is 4.98 Å². The Morgan fingerprint density at radius 3 is 2.71 bits per heavy atom. The van der Waals surface area contributed by atoms with Gasteiger partial charge in [-0.1, -0.05) is 18.2 Å². The zero-order chi connectivity index (χ0) is 11.8. The van der Waals surface area contributed by atoms with Gasteiger partial charge in [0.15, 0.2) is 0 Å². The molecule has 0 aliphatic carbocycles. The fourth-order valence-electron chi connectivity index (χ4n) is 1.92. The van der Waals surface area contributed by atoms with Crippen LogP contribution in [0.15, 0.2) is 48.8 Å². The molecule has 84 valence electrons. The van der Waals surface area contributed by atoms with Crippen molar-refractivity contribution in [3.05, 3.63) is 54.6 Å². The molecule has 0 saturated heterocycles. The number of nitrogens with zero attached hydrogens (tertiary/aromatic N) is 2. The number of fused-ring (bicyclic) bond motifs is 1. The summed E-state index contributed by atoms with van der Waals surface area (Å²) >= 11 is 0. The second-order valence-corrected chi connectivity index (χ2v) is 3.78. The molecular weight excluding hydrogens is 217 g/mol. The third kappa shape index (κ3) is 1.45. The van der Waals surface area contributed by atoms with E-state index in [9.17, 15) is 4.39 Å². The molecule has 3 rings (SSSR count). The molecule has 1 heterocycles. The first-order valence-corrected chi connectivity index (χ1v) is 5.24. The fraction of sp³-hybridized carbons (Fsp3) is 0. The summed E-state index contributed by atoms with van der Waals surface area (Å²) in [5.41, 5.74) is 8.21. The van der Waals surface area contributed by atoms with Gasteiger partial charge in [0.2, 0.25) is 0 Å². The molecule has 0 atom stereocenters. The molecule has 0 aliphatic rings. The smallest absolute Gasteiger partial charge is 0.149 e. The van der Waals surface area contributed by atoms with Gasteiger partial charge in [-0.15, -0.1) is 0 Å². The van der Waals surface area contributed by atoms with Gasteiger partial charge in [-0.3, -0.25) is 4.57 Å². The van der Waals surface area contributed by atoms with Crippen molar-refractivity contribution >= 4 is 16.7 Å². The molecule has 3 nitrogen and oxygen atoms in total. The average Bonchev–Trinajstić information content (AvgIpc) is 2.73. The first kappa shape index (κ1) is 9.84. The lowest BCUT2D eigenvalue weighted by atomic mass is 10.2. The Hall–Kier alpha value is -2.36. The van der Waals surface area contributed by atoms with Crippen molar-refractivity contribution in [2.75, 3.05) is 5.73 Å². The number of imidazole rings is 1. The molecule has 0 saturated carbocycles. The van der Waals surface area contributed by atoms with Crippen LogP contribution in [0.25, 0.3) is 16.7 Å². The van der Waals surface area contributed by atoms with E-state index in [0.29, 0.717) is 11.4 Å². The minimum Gasteiger partial charge on any atom is -0.397 e. The highest BCUT2D eigenvalue weighted by Crippen LogP contribution is 2.24. The van der Waals surface area contributed by atoms with Crippen molar-refractivity contribution in [3.63, 3.8) is 0 Å². The van der Waals surface area contributed by atoms with E-state index in [-0.39, 0.29) is 5.82 Å². The van der Waals surface area contributed by atoms with Crippen LogP contribution in [0, 0.1) is 5.82 Å². The largest absolute Gasteiger partial charge is 0.397 e. The predicted molar refractivity (Wildman–Crippen MR) is 65.4 cm³/mol. The lowest BCUT2D eigenvalue weighted by Gasteiger charge is -2.08. The summed E-state index contributed by atoms with van der Waals surface area (Å²) in [6, 6.07) is 12.2. The topological polar surface area (TPSA) is 43.8 Å². The molecule has 2 aromatic carbocycles. The summed E-state index contributed by atoms with van der Waals surface area (Å²) < 4.78 is 15.5. The van der Waals surface area contributed by atoms with Gasteiger partial charge < -0.3 is 5.73 Å². The number of aromatic nitrogens is 2. The van der Waals surface area contributed by atoms with Crippen molar-refractivity contribution in [2.45, 2.75) is 0 Å². The number of nitrogen functional groups attached to an aromatic ring is 1. The summed E-state index contributed by atoms with van der Waals surface area (Å²) in [4.78, 5) is 4.22. The van der Waals surface area contributed by atoms with Crippen molar-refractivity contribution in [1.82, 2.24) is 9.55 Å². The highest BCUT2D eigenvalue weighted by atomic mass is 19.1. The monoisotopic (exact) mass is 227 g/mol. The standard InChI is InChI=1S/C13H10FN3/c14-9-4-3-5-10(15)13(9)17-8-16-11-6-1-2-7-12(11)17/h1-8H,15H2. The molecule has 3 aromatic rings. The summed E-state index contributed by atoms with van der Waals surface area (Å²) in [5.74, 6) is -0.354. The van der Waals surface area contributed by atoms with Gasteiger partial charge >= 0.3 is 0 Å². The maximum Gasteiger partial charge on any atom is 0.149 e. The second-order valence-electron chi connectivity index (χ2n) is 3.78. The van der Waals surface area contributed by atoms with Crippen molar-refractivity contribution in [1.29, 1.82) is 0 Å². The Morgan fingerprint density at radius 1 is 1.06 bits per heavy atom. The normalized spacial score (nSPS) is 10.9. The van der Waals surface area contributed by atoms with Gasteiger partial charge in [0.05, 0.1) is 16.7 Å². The first-order valence-electron chi connectivity index (χ1n) is 5.24. The summed E-state index contributed by atoms with van der Waals surface area (Å²) in [6.45, 7) is 0. The third-order valence-electron chi connectivity index (χ3n) is 2.71. The van der Waals surface area contributed by atoms with Gasteiger partial charge in [0.25, 0.3) is 0 Å². The third-order valence-corrected chi connectivity index (χ3v) is 2.71. The number of para-hydroxylation sites is 3. The van der Waals surface area contributed by atoms with Gasteiger partial charge in [-0.25, -0.2) is 9.37 Å². The number of hydrogen-bond acceptors (Lipinski definition) is 2. The van der Waals surface area contributed by atoms with E-state index in [1.807, 2.05) is 24.3 Å². The molecule has 0 amide bonds. The number of halogens is 1. The Kier molecular flexibility index (Phi) is 2.08. The van der Waals surface area contributed by atoms with Crippen LogP contribution < -0.4 is 5.73 Å². The summed E-state index contributed by atoms with van der Waals surface area (Å²) in [5, 5.41) is 0. The zero-order valence-electron chi connectivity index (χ0n) is 8.97. The molecule has 0 aliphatic heterocycles. The van der Waals surface area contributed by atoms with Crippen LogP contribution >= 0.6 is 0 Å². The molecule has 4 heteroatoms. The minimum atomic E-state index is -0.354. The van der Waals surface area contributed by atoms with E-state index in [0.717, 1.165) is 11.0 Å². The second kappa shape index (κ2) is 3.59. The van der Waals surface area contributed by atoms with Crippen LogP contribution in [0.2, 0.25) is 0 Å². The molecule has 17 heavy (non-hydrogen) atoms. The number of benzene rings is 2. The lowest BCUT2D eigenvalue weighted by Crippen LogP contribution is -2.01. The Morgan fingerprint density at radius 2 is 1.88 bits per heavy atom. The SMILES string of the molecule is Nc1cccc(F)c1-n1cnc2ccccc21. The summed E-state index contributed by atoms with van der Waals surface area (Å²) in [6.07, 6.45) is 1.58. The maximum atomic E-state index is 13.8. The first-order chi connectivity index (χ1) is 8.27. The molecule has 0 radical (unpaired) electrons. The van der Waals surface area contributed by atoms with E-state index < -0.39 is 0 Å². The Bertz CT molecular complexity index is 668. The molecule has 0 unspecified atom stereocenters. The average molecular weight is 227 g/mol. The van der Waals surface area contributed by atoms with E-state index in [4.69, 9.17) is 5.73 Å². The van der Waals surface area contributed by atoms with Crippen molar-refractivity contribution < 1.29 is 4.39 Å². The van der Waals surface area contributed by atoms with E-state index in [1.54, 1.807) is 23.0 Å². The summed E-state index contributed by atoms with van der Waals surface area (Å²) in [7, 11) is 0. The van der Waals surface area contributed by atoms with Crippen LogP contribution in [0.5, 0.6) is 0 Å². The van der Waals surface area contributed by atoms with Crippen molar-refractivity contribution in [3.8, 4) is 5.69 Å². The Balaban J connectivity index is 2.35. The molecule has 0 bridgehead atoms. The van der Waals surface area contributed by atoms with Crippen LogP contribution in [0.4, 0.5) is 10.1 Å². The number of hydrogen-bond donors (Lipinski definition) is 1. The van der Waals surface area contributed by atoms with Crippen LogP contribution in [0.1, 0.15) is 0 Å². The quantitative estimate of drug-likeness (QED) is 0.649. The van der Waals surface area contributed by atoms with Crippen LogP contribution in [0.3, 0.4) is 0 Å². The lowest BCUT2D eigenvalue weighted by molar-refractivity contribution is 0.620. The molecule has 1 aromatic heterocycles. The molecule has 0 spiro atoms. The molecular formula is C13H10FN3. The predicted octanol–water partition coefficient (Wildman–Crippen LogP) is 2.75. The van der Waals surface area contributed by atoms with Gasteiger partial charge in [-0.2, -0.15) is 0 Å². The van der Waals surface area contributed by atoms with Gasteiger partial charge in [0, 0.05) is 0 Å². The number of rotatable bonds is 1.